The SMILES string of the molecule is O=C(NCCOCCO)C(=O)Nc1ccc(Cl)cc1C(F)(F)F. The quantitative estimate of drug-likeness (QED) is 0.532. The largest absolute Gasteiger partial charge is 0.418 e. The van der Waals surface area contributed by atoms with Crippen LogP contribution in [-0.2, 0) is 20.5 Å². The van der Waals surface area contributed by atoms with E-state index in [1.165, 1.54) is 0 Å². The fraction of sp³-hybridized carbons (Fsp3) is 0.385. The monoisotopic (exact) mass is 354 g/mol. The molecule has 0 aliphatic carbocycles. The van der Waals surface area contributed by atoms with Gasteiger partial charge in [-0.2, -0.15) is 13.2 Å². The van der Waals surface area contributed by atoms with Gasteiger partial charge in [-0.15, -0.1) is 0 Å². The number of halogens is 4. The molecule has 0 saturated heterocycles. The fourth-order valence-electron chi connectivity index (χ4n) is 1.52. The van der Waals surface area contributed by atoms with Gasteiger partial charge in [0.15, 0.2) is 0 Å². The number of carbonyl (C=O) groups is 2. The summed E-state index contributed by atoms with van der Waals surface area (Å²) in [5.41, 5.74) is -1.73. The molecule has 0 aliphatic rings. The molecule has 0 unspecified atom stereocenters. The second-order valence-corrected chi connectivity index (χ2v) is 4.67. The molecule has 0 aromatic heterocycles. The van der Waals surface area contributed by atoms with Crippen LogP contribution in [0.15, 0.2) is 18.2 Å². The normalized spacial score (nSPS) is 11.2. The molecule has 0 radical (unpaired) electrons. The van der Waals surface area contributed by atoms with Gasteiger partial charge in [-0.1, -0.05) is 11.6 Å². The van der Waals surface area contributed by atoms with Gasteiger partial charge >= 0.3 is 18.0 Å². The fourth-order valence-corrected chi connectivity index (χ4v) is 1.69. The highest BCUT2D eigenvalue weighted by atomic mass is 35.5. The van der Waals surface area contributed by atoms with Gasteiger partial charge in [-0.25, -0.2) is 0 Å². The predicted molar refractivity (Wildman–Crippen MR) is 76.0 cm³/mol. The molecular formula is C13H14ClF3N2O4. The van der Waals surface area contributed by atoms with Crippen LogP contribution in [0.25, 0.3) is 0 Å². The van der Waals surface area contributed by atoms with E-state index < -0.39 is 29.2 Å². The zero-order valence-corrected chi connectivity index (χ0v) is 12.5. The van der Waals surface area contributed by atoms with Crippen molar-refractivity contribution in [1.82, 2.24) is 5.32 Å². The maximum absolute atomic E-state index is 12.9. The van der Waals surface area contributed by atoms with Crippen molar-refractivity contribution in [3.8, 4) is 0 Å². The van der Waals surface area contributed by atoms with Gasteiger partial charge in [0.25, 0.3) is 0 Å². The average Bonchev–Trinajstić information content (AvgIpc) is 2.47. The number of hydrogen-bond donors (Lipinski definition) is 3. The van der Waals surface area contributed by atoms with Gasteiger partial charge < -0.3 is 20.5 Å². The van der Waals surface area contributed by atoms with Crippen molar-refractivity contribution >= 4 is 29.1 Å². The Bertz CT molecular complexity index is 567. The molecule has 3 N–H and O–H groups in total. The number of alkyl halides is 3. The number of amides is 2. The zero-order chi connectivity index (χ0) is 17.5. The van der Waals surface area contributed by atoms with Crippen LogP contribution in [-0.4, -0.2) is 43.3 Å². The molecule has 1 aromatic rings. The zero-order valence-electron chi connectivity index (χ0n) is 11.7. The molecular weight excluding hydrogens is 341 g/mol. The Morgan fingerprint density at radius 3 is 2.52 bits per heavy atom. The van der Waals surface area contributed by atoms with Crippen molar-refractivity contribution in [3.63, 3.8) is 0 Å². The first kappa shape index (κ1) is 19.2. The van der Waals surface area contributed by atoms with Crippen molar-refractivity contribution in [2.24, 2.45) is 0 Å². The minimum atomic E-state index is -4.73. The maximum atomic E-state index is 12.9. The Kier molecular flexibility index (Phi) is 7.27. The number of aliphatic hydroxyl groups is 1. The van der Waals surface area contributed by atoms with E-state index in [0.29, 0.717) is 6.07 Å². The van der Waals surface area contributed by atoms with Crippen molar-refractivity contribution in [1.29, 1.82) is 0 Å². The maximum Gasteiger partial charge on any atom is 0.418 e. The third-order valence-corrected chi connectivity index (χ3v) is 2.74. The number of rotatable bonds is 6. The van der Waals surface area contributed by atoms with Crippen LogP contribution >= 0.6 is 11.6 Å². The van der Waals surface area contributed by atoms with Crippen LogP contribution in [0, 0.1) is 0 Å². The van der Waals surface area contributed by atoms with Gasteiger partial charge in [-0.3, -0.25) is 9.59 Å². The van der Waals surface area contributed by atoms with E-state index in [1.54, 1.807) is 0 Å². The summed E-state index contributed by atoms with van der Waals surface area (Å²) in [7, 11) is 0. The van der Waals surface area contributed by atoms with Crippen molar-refractivity contribution in [2.45, 2.75) is 6.18 Å². The van der Waals surface area contributed by atoms with Crippen LogP contribution in [0.2, 0.25) is 5.02 Å². The van der Waals surface area contributed by atoms with E-state index in [1.807, 2.05) is 5.32 Å². The molecule has 6 nitrogen and oxygen atoms in total. The molecule has 2 amide bonds. The summed E-state index contributed by atoms with van der Waals surface area (Å²) in [4.78, 5) is 23.1. The van der Waals surface area contributed by atoms with Crippen LogP contribution in [0.3, 0.4) is 0 Å². The first-order valence-corrected chi connectivity index (χ1v) is 6.78. The minimum Gasteiger partial charge on any atom is -0.394 e. The van der Waals surface area contributed by atoms with E-state index in [9.17, 15) is 22.8 Å². The highest BCUT2D eigenvalue weighted by Crippen LogP contribution is 2.36. The van der Waals surface area contributed by atoms with Crippen LogP contribution in [0.5, 0.6) is 0 Å². The van der Waals surface area contributed by atoms with Gasteiger partial charge in [-0.05, 0) is 18.2 Å². The Morgan fingerprint density at radius 2 is 1.91 bits per heavy atom. The molecule has 1 aromatic carbocycles. The summed E-state index contributed by atoms with van der Waals surface area (Å²) in [5, 5.41) is 12.4. The Morgan fingerprint density at radius 1 is 1.22 bits per heavy atom. The Labute approximate surface area is 134 Å². The van der Waals surface area contributed by atoms with Crippen LogP contribution in [0.4, 0.5) is 18.9 Å². The summed E-state index contributed by atoms with van der Waals surface area (Å²) in [6.07, 6.45) is -4.73. The first-order chi connectivity index (χ1) is 10.8. The smallest absolute Gasteiger partial charge is 0.394 e. The highest BCUT2D eigenvalue weighted by Gasteiger charge is 2.34. The summed E-state index contributed by atoms with van der Waals surface area (Å²) in [6.45, 7) is -0.0969. The van der Waals surface area contributed by atoms with E-state index in [-0.39, 0.29) is 31.4 Å². The number of hydrogen-bond acceptors (Lipinski definition) is 4. The van der Waals surface area contributed by atoms with Crippen molar-refractivity contribution in [3.05, 3.63) is 28.8 Å². The van der Waals surface area contributed by atoms with E-state index in [2.05, 4.69) is 5.32 Å². The molecule has 0 saturated carbocycles. The summed E-state index contributed by atoms with van der Waals surface area (Å²) < 4.78 is 43.4. The van der Waals surface area contributed by atoms with Crippen LogP contribution < -0.4 is 10.6 Å². The molecule has 1 rings (SSSR count). The Hall–Kier alpha value is -1.84. The molecule has 128 valence electrons. The van der Waals surface area contributed by atoms with Gasteiger partial charge in [0.1, 0.15) is 0 Å². The lowest BCUT2D eigenvalue weighted by molar-refractivity contribution is -0.138. The standard InChI is InChI=1S/C13H14ClF3N2O4/c14-8-1-2-10(9(7-8)13(15,16)17)19-12(22)11(21)18-3-5-23-6-4-20/h1-2,7,20H,3-6H2,(H,18,21)(H,19,22). The molecule has 0 atom stereocenters. The third-order valence-electron chi connectivity index (χ3n) is 2.51. The van der Waals surface area contributed by atoms with Gasteiger partial charge in [0.05, 0.1) is 31.1 Å². The molecule has 10 heteroatoms. The summed E-state index contributed by atoms with van der Waals surface area (Å²) in [5.74, 6) is -2.36. The van der Waals surface area contributed by atoms with Crippen molar-refractivity contribution in [2.75, 3.05) is 31.7 Å². The first-order valence-electron chi connectivity index (χ1n) is 6.40. The third kappa shape index (κ3) is 6.43. The number of nitrogens with one attached hydrogen (secondary N) is 2. The van der Waals surface area contributed by atoms with E-state index in [0.717, 1.165) is 12.1 Å². The number of aliphatic hydroxyl groups excluding tert-OH is 1. The highest BCUT2D eigenvalue weighted by molar-refractivity contribution is 6.39. The average molecular weight is 355 g/mol. The molecule has 0 heterocycles. The van der Waals surface area contributed by atoms with Gasteiger partial charge in [0, 0.05) is 11.6 Å². The van der Waals surface area contributed by atoms with Crippen molar-refractivity contribution < 1.29 is 32.6 Å². The number of ether oxygens (including phenoxy) is 1. The lowest BCUT2D eigenvalue weighted by Crippen LogP contribution is -2.37. The Balaban J connectivity index is 2.65. The molecule has 23 heavy (non-hydrogen) atoms. The number of carbonyl (C=O) groups excluding carboxylic acids is 2. The topological polar surface area (TPSA) is 87.7 Å². The summed E-state index contributed by atoms with van der Waals surface area (Å²) in [6, 6.07) is 2.77. The summed E-state index contributed by atoms with van der Waals surface area (Å²) >= 11 is 5.51. The lowest BCUT2D eigenvalue weighted by Gasteiger charge is -2.14. The second kappa shape index (κ2) is 8.70. The predicted octanol–water partition coefficient (Wildman–Crippen LogP) is 1.42. The number of benzene rings is 1. The minimum absolute atomic E-state index is 0.0288. The van der Waals surface area contributed by atoms with E-state index in [4.69, 9.17) is 21.4 Å². The lowest BCUT2D eigenvalue weighted by atomic mass is 10.1. The van der Waals surface area contributed by atoms with Gasteiger partial charge in [0.2, 0.25) is 0 Å². The van der Waals surface area contributed by atoms with E-state index >= 15 is 0 Å². The second-order valence-electron chi connectivity index (χ2n) is 4.23. The molecule has 0 aliphatic heterocycles. The number of anilines is 1. The molecule has 0 spiro atoms. The van der Waals surface area contributed by atoms with Crippen LogP contribution in [0.1, 0.15) is 5.56 Å². The molecule has 0 fully saturated rings. The molecule has 0 bridgehead atoms.